The minimum atomic E-state index is -1.20. The fourth-order valence-corrected chi connectivity index (χ4v) is 3.99. The Kier molecular flexibility index (Phi) is 11.7. The lowest BCUT2D eigenvalue weighted by molar-refractivity contribution is -0.191. The van der Waals surface area contributed by atoms with Gasteiger partial charge in [-0.05, 0) is 64.1 Å². The van der Waals surface area contributed by atoms with Crippen LogP contribution in [0.5, 0.6) is 0 Å². The number of hydrogen-bond donors (Lipinski definition) is 3. The van der Waals surface area contributed by atoms with Crippen LogP contribution < -0.4 is 5.73 Å². The predicted octanol–water partition coefficient (Wildman–Crippen LogP) is 1.39. The van der Waals surface area contributed by atoms with Crippen molar-refractivity contribution in [3.05, 3.63) is 35.9 Å². The largest absolute Gasteiger partial charge is 0.451 e. The number of likely N-dealkylation sites (tertiary alicyclic amines) is 1. The van der Waals surface area contributed by atoms with Gasteiger partial charge >= 0.3 is 13.3 Å². The number of rotatable bonds is 10. The molecule has 0 radical (unpaired) electrons. The molecule has 1 saturated heterocycles. The maximum absolute atomic E-state index is 12.4. The summed E-state index contributed by atoms with van der Waals surface area (Å²) >= 11 is 0. The van der Waals surface area contributed by atoms with Crippen molar-refractivity contribution in [1.29, 1.82) is 0 Å². The summed E-state index contributed by atoms with van der Waals surface area (Å²) in [5.41, 5.74) is 7.01. The van der Waals surface area contributed by atoms with Crippen molar-refractivity contribution in [2.24, 2.45) is 5.73 Å². The molecule has 1 aromatic rings. The Morgan fingerprint density at radius 1 is 1.17 bits per heavy atom. The summed E-state index contributed by atoms with van der Waals surface area (Å²) in [7, 11) is -1.20. The second-order valence-corrected chi connectivity index (χ2v) is 7.74. The Morgan fingerprint density at radius 2 is 1.76 bits per heavy atom. The van der Waals surface area contributed by atoms with Gasteiger partial charge in [0.1, 0.15) is 5.78 Å². The summed E-state index contributed by atoms with van der Waals surface area (Å²) in [5.74, 6) is 0.270. The number of piperidine rings is 1. The molecular formula is C21H33BN2O5. The third-order valence-electron chi connectivity index (χ3n) is 5.81. The van der Waals surface area contributed by atoms with Crippen molar-refractivity contribution in [2.45, 2.75) is 63.2 Å². The Balaban J connectivity index is 0.00000132. The second-order valence-electron chi connectivity index (χ2n) is 7.74. The normalized spacial score (nSPS) is 16.8. The lowest BCUT2D eigenvalue weighted by Gasteiger charge is -2.41. The first-order valence-electron chi connectivity index (χ1n) is 10.3. The van der Waals surface area contributed by atoms with Crippen molar-refractivity contribution < 1.29 is 24.4 Å². The summed E-state index contributed by atoms with van der Waals surface area (Å²) in [4.78, 5) is 31.1. The van der Waals surface area contributed by atoms with E-state index in [1.807, 2.05) is 18.2 Å². The van der Waals surface area contributed by atoms with E-state index < -0.39 is 7.12 Å². The molecule has 7 nitrogen and oxygen atoms in total. The average molecular weight is 404 g/mol. The van der Waals surface area contributed by atoms with Gasteiger partial charge < -0.3 is 20.7 Å². The number of nitrogens with two attached hydrogens (primary N) is 1. The molecule has 0 amide bonds. The van der Waals surface area contributed by atoms with Crippen LogP contribution in [-0.2, 0) is 19.8 Å². The van der Waals surface area contributed by atoms with Crippen LogP contribution in [0.25, 0.3) is 0 Å². The molecule has 1 aliphatic rings. The van der Waals surface area contributed by atoms with Crippen LogP contribution >= 0.6 is 0 Å². The summed E-state index contributed by atoms with van der Waals surface area (Å²) in [6, 6.07) is 10.3. The van der Waals surface area contributed by atoms with Crippen LogP contribution in [0, 0.1) is 0 Å². The number of Topliss-reactive ketones (excluding diaryl/α,β-unsaturated/α-hetero) is 1. The number of hydrogen-bond acceptors (Lipinski definition) is 7. The van der Waals surface area contributed by atoms with Gasteiger partial charge in [-0.2, -0.15) is 9.59 Å². The SMILES string of the molecule is CC(=O)C1(c2ccccc2)CCN(CCC(N)CCCCB(O)O)CC1.O=C=O. The Labute approximate surface area is 173 Å². The summed E-state index contributed by atoms with van der Waals surface area (Å²) in [5, 5.41) is 17.7. The van der Waals surface area contributed by atoms with E-state index in [2.05, 4.69) is 17.0 Å². The number of carbonyl (C=O) groups excluding carboxylic acids is 3. The molecule has 2 rings (SSSR count). The minimum Gasteiger partial charge on any atom is -0.427 e. The first-order valence-corrected chi connectivity index (χ1v) is 10.3. The molecule has 29 heavy (non-hydrogen) atoms. The average Bonchev–Trinajstić information content (AvgIpc) is 2.71. The van der Waals surface area contributed by atoms with E-state index in [1.165, 1.54) is 0 Å². The molecule has 8 heteroatoms. The zero-order chi connectivity index (χ0) is 21.7. The lowest BCUT2D eigenvalue weighted by Crippen LogP contribution is -2.47. The van der Waals surface area contributed by atoms with Gasteiger partial charge in [0.25, 0.3) is 0 Å². The van der Waals surface area contributed by atoms with Crippen LogP contribution in [0.2, 0.25) is 6.32 Å². The molecule has 0 aromatic heterocycles. The third kappa shape index (κ3) is 8.60. The van der Waals surface area contributed by atoms with E-state index in [9.17, 15) is 4.79 Å². The van der Waals surface area contributed by atoms with Crippen molar-refractivity contribution in [1.82, 2.24) is 4.90 Å². The molecule has 0 bridgehead atoms. The summed E-state index contributed by atoms with van der Waals surface area (Å²) < 4.78 is 0. The van der Waals surface area contributed by atoms with Crippen molar-refractivity contribution in [3.63, 3.8) is 0 Å². The van der Waals surface area contributed by atoms with E-state index in [-0.39, 0.29) is 23.4 Å². The van der Waals surface area contributed by atoms with Gasteiger partial charge in [0.15, 0.2) is 0 Å². The van der Waals surface area contributed by atoms with Gasteiger partial charge in [0, 0.05) is 6.04 Å². The highest BCUT2D eigenvalue weighted by Crippen LogP contribution is 2.36. The Morgan fingerprint density at radius 3 is 2.28 bits per heavy atom. The third-order valence-corrected chi connectivity index (χ3v) is 5.81. The van der Waals surface area contributed by atoms with E-state index >= 15 is 0 Å². The highest BCUT2D eigenvalue weighted by molar-refractivity contribution is 6.40. The molecule has 1 fully saturated rings. The molecule has 0 saturated carbocycles. The first kappa shape index (κ1) is 25.2. The fourth-order valence-electron chi connectivity index (χ4n) is 3.99. The second kappa shape index (κ2) is 13.4. The maximum Gasteiger partial charge on any atom is 0.451 e. The van der Waals surface area contributed by atoms with Crippen molar-refractivity contribution >= 4 is 19.1 Å². The molecule has 1 atom stereocenters. The zero-order valence-corrected chi connectivity index (χ0v) is 17.3. The van der Waals surface area contributed by atoms with Gasteiger partial charge in [0.05, 0.1) is 5.41 Å². The molecule has 0 spiro atoms. The van der Waals surface area contributed by atoms with E-state index in [1.54, 1.807) is 6.92 Å². The number of carbonyl (C=O) groups is 1. The van der Waals surface area contributed by atoms with Gasteiger partial charge in [0.2, 0.25) is 0 Å². The van der Waals surface area contributed by atoms with E-state index in [0.29, 0.717) is 6.32 Å². The van der Waals surface area contributed by atoms with E-state index in [0.717, 1.165) is 63.7 Å². The van der Waals surface area contributed by atoms with Gasteiger partial charge in [-0.3, -0.25) is 4.79 Å². The monoisotopic (exact) mass is 404 g/mol. The fraction of sp³-hybridized carbons (Fsp3) is 0.619. The number of nitrogens with zero attached hydrogens (tertiary/aromatic N) is 1. The summed E-state index contributed by atoms with van der Waals surface area (Å²) in [6.07, 6.45) is 6.01. The number of unbranched alkanes of at least 4 members (excludes halogenated alkanes) is 1. The van der Waals surface area contributed by atoms with E-state index in [4.69, 9.17) is 25.4 Å². The van der Waals surface area contributed by atoms with Crippen LogP contribution in [0.1, 0.15) is 51.0 Å². The van der Waals surface area contributed by atoms with Crippen molar-refractivity contribution in [3.8, 4) is 0 Å². The molecule has 1 aliphatic heterocycles. The first-order chi connectivity index (χ1) is 13.9. The molecule has 1 unspecified atom stereocenters. The molecule has 1 heterocycles. The summed E-state index contributed by atoms with van der Waals surface area (Å²) in [6.45, 7) is 4.55. The molecule has 1 aromatic carbocycles. The van der Waals surface area contributed by atoms with Crippen LogP contribution in [0.15, 0.2) is 30.3 Å². The molecule has 160 valence electrons. The topological polar surface area (TPSA) is 121 Å². The standard InChI is InChI=1S/C20H33BN2O3.CO2/c1-17(24)20(18-7-3-2-4-8-18)11-15-23(16-12-20)14-10-19(22)9-5-6-13-21(25)26;2-1-3/h2-4,7-8,19,25-26H,5-6,9-16,22H2,1H3;. The van der Waals surface area contributed by atoms with Crippen LogP contribution in [0.4, 0.5) is 0 Å². The quantitative estimate of drug-likeness (QED) is 0.398. The highest BCUT2D eigenvalue weighted by atomic mass is 16.4. The van der Waals surface area contributed by atoms with Gasteiger partial charge in [-0.25, -0.2) is 0 Å². The van der Waals surface area contributed by atoms with Crippen LogP contribution in [0.3, 0.4) is 0 Å². The Bertz CT molecular complexity index is 627. The van der Waals surface area contributed by atoms with Gasteiger partial charge in [-0.15, -0.1) is 0 Å². The van der Waals surface area contributed by atoms with Crippen LogP contribution in [-0.4, -0.2) is 59.7 Å². The number of ketones is 1. The lowest BCUT2D eigenvalue weighted by atomic mass is 9.70. The predicted molar refractivity (Wildman–Crippen MR) is 111 cm³/mol. The number of benzene rings is 1. The molecular weight excluding hydrogens is 371 g/mol. The molecule has 0 aliphatic carbocycles. The Hall–Kier alpha value is -1.83. The van der Waals surface area contributed by atoms with Crippen molar-refractivity contribution in [2.75, 3.05) is 19.6 Å². The molecule has 4 N–H and O–H groups in total. The zero-order valence-electron chi connectivity index (χ0n) is 17.3. The highest BCUT2D eigenvalue weighted by Gasteiger charge is 2.40. The minimum absolute atomic E-state index is 0.152. The smallest absolute Gasteiger partial charge is 0.427 e. The maximum atomic E-state index is 12.4. The van der Waals surface area contributed by atoms with Gasteiger partial charge in [-0.1, -0.05) is 43.2 Å².